The second-order valence-corrected chi connectivity index (χ2v) is 5.90. The number of nitrogens with one attached hydrogen (secondary N) is 1. The summed E-state index contributed by atoms with van der Waals surface area (Å²) >= 11 is 0. The van der Waals surface area contributed by atoms with Crippen LogP contribution in [0.3, 0.4) is 0 Å². The van der Waals surface area contributed by atoms with E-state index in [0.717, 1.165) is 17.7 Å². The number of ether oxygens (including phenoxy) is 1. The van der Waals surface area contributed by atoms with Gasteiger partial charge in [-0.05, 0) is 32.4 Å². The van der Waals surface area contributed by atoms with Crippen LogP contribution in [0.1, 0.15) is 50.6 Å². The molecule has 3 nitrogen and oxygen atoms in total. The van der Waals surface area contributed by atoms with Crippen LogP contribution < -0.4 is 10.1 Å². The molecule has 3 heteroatoms. The van der Waals surface area contributed by atoms with E-state index in [1.807, 2.05) is 25.2 Å². The molecule has 1 fully saturated rings. The summed E-state index contributed by atoms with van der Waals surface area (Å²) in [6, 6.07) is 8.29. The van der Waals surface area contributed by atoms with Gasteiger partial charge in [0.25, 0.3) is 0 Å². The quantitative estimate of drug-likeness (QED) is 0.803. The summed E-state index contributed by atoms with van der Waals surface area (Å²) in [5, 5.41) is 13.3. The summed E-state index contributed by atoms with van der Waals surface area (Å²) in [6.07, 6.45) is 5.70. The third-order valence-electron chi connectivity index (χ3n) is 4.33. The normalized spacial score (nSPS) is 18.9. The minimum absolute atomic E-state index is 0.248. The molecule has 2 rings (SSSR count). The molecule has 1 aromatic carbocycles. The maximum absolute atomic E-state index is 10.1. The largest absolute Gasteiger partial charge is 0.491 e. The lowest BCUT2D eigenvalue weighted by Gasteiger charge is -2.19. The molecule has 2 atom stereocenters. The number of benzene rings is 1. The Morgan fingerprint density at radius 1 is 1.30 bits per heavy atom. The van der Waals surface area contributed by atoms with Gasteiger partial charge in [0.1, 0.15) is 12.4 Å². The van der Waals surface area contributed by atoms with Crippen LogP contribution in [-0.2, 0) is 0 Å². The highest BCUT2D eigenvalue weighted by atomic mass is 16.5. The van der Waals surface area contributed by atoms with Crippen molar-refractivity contribution in [2.75, 3.05) is 13.7 Å². The summed E-state index contributed by atoms with van der Waals surface area (Å²) in [5.41, 5.74) is 1.14. The molecule has 0 spiro atoms. The number of aliphatic hydroxyl groups excluding tert-OH is 1. The summed E-state index contributed by atoms with van der Waals surface area (Å²) in [4.78, 5) is 0. The Balaban J connectivity index is 1.86. The predicted octanol–water partition coefficient (Wildman–Crippen LogP) is 3.29. The van der Waals surface area contributed by atoms with Gasteiger partial charge in [0.05, 0.1) is 6.10 Å². The number of rotatable bonds is 7. The van der Waals surface area contributed by atoms with E-state index in [1.165, 1.54) is 25.7 Å². The molecule has 2 unspecified atom stereocenters. The van der Waals surface area contributed by atoms with Crippen LogP contribution in [0.2, 0.25) is 0 Å². The molecular weight excluding hydrogens is 250 g/mol. The fourth-order valence-electron chi connectivity index (χ4n) is 3.01. The zero-order valence-corrected chi connectivity index (χ0v) is 12.6. The Morgan fingerprint density at radius 3 is 2.70 bits per heavy atom. The van der Waals surface area contributed by atoms with Crippen molar-refractivity contribution in [3.63, 3.8) is 0 Å². The van der Waals surface area contributed by atoms with Crippen LogP contribution >= 0.6 is 0 Å². The van der Waals surface area contributed by atoms with Gasteiger partial charge in [0, 0.05) is 11.6 Å². The fraction of sp³-hybridized carbons (Fsp3) is 0.647. The Labute approximate surface area is 122 Å². The lowest BCUT2D eigenvalue weighted by atomic mass is 10.0. The highest BCUT2D eigenvalue weighted by Crippen LogP contribution is 2.29. The number of hydrogen-bond acceptors (Lipinski definition) is 3. The molecule has 0 aliphatic heterocycles. The van der Waals surface area contributed by atoms with Gasteiger partial charge in [-0.15, -0.1) is 0 Å². The number of para-hydroxylation sites is 1. The Hall–Kier alpha value is -1.06. The zero-order valence-electron chi connectivity index (χ0n) is 12.6. The molecule has 0 radical (unpaired) electrons. The van der Waals surface area contributed by atoms with Crippen molar-refractivity contribution in [3.05, 3.63) is 29.8 Å². The molecule has 1 aliphatic carbocycles. The maximum Gasteiger partial charge on any atom is 0.124 e. The first-order valence-electron chi connectivity index (χ1n) is 7.77. The molecule has 2 N–H and O–H groups in total. The topological polar surface area (TPSA) is 41.5 Å². The lowest BCUT2D eigenvalue weighted by molar-refractivity contribution is 0.0849. The van der Waals surface area contributed by atoms with Crippen LogP contribution in [0.15, 0.2) is 24.3 Å². The van der Waals surface area contributed by atoms with E-state index in [-0.39, 0.29) is 12.1 Å². The SMILES string of the molecule is CNC(C)c1ccccc1OCC(O)CC1CCCC1. The first-order chi connectivity index (χ1) is 9.70. The molecular formula is C17H27NO2. The summed E-state index contributed by atoms with van der Waals surface area (Å²) in [7, 11) is 1.94. The first-order valence-corrected chi connectivity index (χ1v) is 7.77. The van der Waals surface area contributed by atoms with E-state index in [9.17, 15) is 5.11 Å². The van der Waals surface area contributed by atoms with Gasteiger partial charge in [-0.2, -0.15) is 0 Å². The molecule has 1 saturated carbocycles. The average Bonchev–Trinajstić information content (AvgIpc) is 2.97. The molecule has 0 saturated heterocycles. The molecule has 112 valence electrons. The van der Waals surface area contributed by atoms with Crippen LogP contribution in [0, 0.1) is 5.92 Å². The number of hydrogen-bond donors (Lipinski definition) is 2. The zero-order chi connectivity index (χ0) is 14.4. The van der Waals surface area contributed by atoms with E-state index in [2.05, 4.69) is 18.3 Å². The molecule has 1 aliphatic rings. The minimum Gasteiger partial charge on any atom is -0.491 e. The monoisotopic (exact) mass is 277 g/mol. The van der Waals surface area contributed by atoms with Crippen molar-refractivity contribution in [3.8, 4) is 5.75 Å². The van der Waals surface area contributed by atoms with Gasteiger partial charge in [0.2, 0.25) is 0 Å². The third kappa shape index (κ3) is 4.22. The highest BCUT2D eigenvalue weighted by Gasteiger charge is 2.19. The van der Waals surface area contributed by atoms with Gasteiger partial charge in [-0.25, -0.2) is 0 Å². The second-order valence-electron chi connectivity index (χ2n) is 5.90. The standard InChI is InChI=1S/C17H27NO2/c1-13(18-2)16-9-5-6-10-17(16)20-12-15(19)11-14-7-3-4-8-14/h5-6,9-10,13-15,18-19H,3-4,7-8,11-12H2,1-2H3. The van der Waals surface area contributed by atoms with Crippen molar-refractivity contribution < 1.29 is 9.84 Å². The average molecular weight is 277 g/mol. The lowest BCUT2D eigenvalue weighted by Crippen LogP contribution is -2.21. The molecule has 0 amide bonds. The van der Waals surface area contributed by atoms with E-state index >= 15 is 0 Å². The van der Waals surface area contributed by atoms with Crippen LogP contribution in [-0.4, -0.2) is 24.9 Å². The van der Waals surface area contributed by atoms with Gasteiger partial charge < -0.3 is 15.2 Å². The fourth-order valence-corrected chi connectivity index (χ4v) is 3.01. The Morgan fingerprint density at radius 2 is 2.00 bits per heavy atom. The van der Waals surface area contributed by atoms with E-state index < -0.39 is 0 Å². The first kappa shape index (κ1) is 15.3. The van der Waals surface area contributed by atoms with Crippen LogP contribution in [0.25, 0.3) is 0 Å². The second kappa shape index (κ2) is 7.65. The number of aliphatic hydroxyl groups is 1. The minimum atomic E-state index is -0.351. The van der Waals surface area contributed by atoms with Crippen LogP contribution in [0.5, 0.6) is 5.75 Å². The summed E-state index contributed by atoms with van der Waals surface area (Å²) < 4.78 is 5.84. The smallest absolute Gasteiger partial charge is 0.124 e. The van der Waals surface area contributed by atoms with Crippen molar-refractivity contribution in [2.24, 2.45) is 5.92 Å². The van der Waals surface area contributed by atoms with Gasteiger partial charge in [-0.3, -0.25) is 0 Å². The third-order valence-corrected chi connectivity index (χ3v) is 4.33. The van der Waals surface area contributed by atoms with E-state index in [0.29, 0.717) is 12.5 Å². The Kier molecular flexibility index (Phi) is 5.86. The van der Waals surface area contributed by atoms with Crippen LogP contribution in [0.4, 0.5) is 0 Å². The van der Waals surface area contributed by atoms with E-state index in [4.69, 9.17) is 4.74 Å². The maximum atomic E-state index is 10.1. The van der Waals surface area contributed by atoms with Crippen molar-refractivity contribution in [1.82, 2.24) is 5.32 Å². The van der Waals surface area contributed by atoms with Crippen molar-refractivity contribution in [2.45, 2.75) is 51.2 Å². The van der Waals surface area contributed by atoms with Gasteiger partial charge in [-0.1, -0.05) is 43.9 Å². The summed E-state index contributed by atoms with van der Waals surface area (Å²) in [6.45, 7) is 2.50. The molecule has 0 heterocycles. The van der Waals surface area contributed by atoms with Crippen molar-refractivity contribution >= 4 is 0 Å². The summed E-state index contributed by atoms with van der Waals surface area (Å²) in [5.74, 6) is 1.57. The molecule has 0 aromatic heterocycles. The van der Waals surface area contributed by atoms with Gasteiger partial charge >= 0.3 is 0 Å². The Bertz CT molecular complexity index is 402. The molecule has 0 bridgehead atoms. The predicted molar refractivity (Wildman–Crippen MR) is 82.0 cm³/mol. The molecule has 1 aromatic rings. The van der Waals surface area contributed by atoms with E-state index in [1.54, 1.807) is 0 Å². The molecule has 20 heavy (non-hydrogen) atoms. The van der Waals surface area contributed by atoms with Crippen molar-refractivity contribution in [1.29, 1.82) is 0 Å². The highest BCUT2D eigenvalue weighted by molar-refractivity contribution is 5.35. The van der Waals surface area contributed by atoms with Gasteiger partial charge in [0.15, 0.2) is 0 Å².